The first-order valence-electron chi connectivity index (χ1n) is 15.2. The van der Waals surface area contributed by atoms with Crippen LogP contribution in [0.2, 0.25) is 0 Å². The highest BCUT2D eigenvalue weighted by Gasteiger charge is 2.25. The number of nitro groups is 1. The van der Waals surface area contributed by atoms with Gasteiger partial charge in [0.15, 0.2) is 0 Å². The van der Waals surface area contributed by atoms with Crippen LogP contribution in [0.5, 0.6) is 0 Å². The maximum atomic E-state index is 13.7. The fourth-order valence-electron chi connectivity index (χ4n) is 5.39. The summed E-state index contributed by atoms with van der Waals surface area (Å²) in [4.78, 5) is 53.3. The van der Waals surface area contributed by atoms with Gasteiger partial charge in [0.25, 0.3) is 17.5 Å². The van der Waals surface area contributed by atoms with Crippen LogP contribution in [0, 0.1) is 10.1 Å². The van der Waals surface area contributed by atoms with E-state index in [0.717, 1.165) is 40.2 Å². The van der Waals surface area contributed by atoms with Gasteiger partial charge in [-0.3, -0.25) is 29.4 Å². The summed E-state index contributed by atoms with van der Waals surface area (Å²) in [5.74, 6) is -0.881. The third kappa shape index (κ3) is 7.51. The Hall–Kier alpha value is -6.00. The average molecular weight is 655 g/mol. The Morgan fingerprint density at radius 3 is 1.94 bits per heavy atom. The molecule has 0 aromatic heterocycles. The molecule has 2 N–H and O–H groups in total. The van der Waals surface area contributed by atoms with Crippen molar-refractivity contribution in [1.82, 2.24) is 5.32 Å². The molecule has 0 fully saturated rings. The van der Waals surface area contributed by atoms with E-state index in [1.807, 2.05) is 53.4 Å². The molecule has 0 saturated heterocycles. The van der Waals surface area contributed by atoms with E-state index in [-0.39, 0.29) is 23.0 Å². The van der Waals surface area contributed by atoms with Gasteiger partial charge in [-0.15, -0.1) is 11.8 Å². The Bertz CT molecular complexity index is 1960. The smallest absolute Gasteiger partial charge is 0.272 e. The molecule has 48 heavy (non-hydrogen) atoms. The number of hydrogen-bond acceptors (Lipinski definition) is 6. The Morgan fingerprint density at radius 1 is 0.750 bits per heavy atom. The van der Waals surface area contributed by atoms with Gasteiger partial charge in [-0.05, 0) is 96.3 Å². The SMILES string of the molecule is O=C(Nc1ccc(SCC(=O)N2c3ccccc3CCc3ccccc32)cc1)/C(=C/c1ccc([N+](=O)[O-])cc1)NC(=O)c1ccccc1. The van der Waals surface area contributed by atoms with Gasteiger partial charge in [-0.25, -0.2) is 0 Å². The number of nitrogens with zero attached hydrogens (tertiary/aromatic N) is 2. The van der Waals surface area contributed by atoms with Crippen LogP contribution in [-0.4, -0.2) is 28.4 Å². The molecule has 1 aliphatic heterocycles. The Morgan fingerprint density at radius 2 is 1.33 bits per heavy atom. The molecule has 5 aromatic carbocycles. The lowest BCUT2D eigenvalue weighted by Gasteiger charge is -2.25. The molecule has 0 saturated carbocycles. The zero-order valence-electron chi connectivity index (χ0n) is 25.7. The molecule has 0 unspecified atom stereocenters. The molecule has 10 heteroatoms. The van der Waals surface area contributed by atoms with Gasteiger partial charge in [-0.2, -0.15) is 0 Å². The second-order valence-electron chi connectivity index (χ2n) is 11.0. The van der Waals surface area contributed by atoms with Crippen molar-refractivity contribution in [1.29, 1.82) is 0 Å². The van der Waals surface area contributed by atoms with Crippen LogP contribution in [0.1, 0.15) is 27.0 Å². The molecule has 5 aromatic rings. The van der Waals surface area contributed by atoms with Crippen LogP contribution in [0.4, 0.5) is 22.7 Å². The summed E-state index contributed by atoms with van der Waals surface area (Å²) < 4.78 is 0. The van der Waals surface area contributed by atoms with Gasteiger partial charge in [0.05, 0.1) is 22.1 Å². The van der Waals surface area contributed by atoms with Crippen LogP contribution in [-0.2, 0) is 22.4 Å². The van der Waals surface area contributed by atoms with Crippen molar-refractivity contribution in [3.05, 3.63) is 165 Å². The summed E-state index contributed by atoms with van der Waals surface area (Å²) >= 11 is 1.40. The topological polar surface area (TPSA) is 122 Å². The number of nitrogens with one attached hydrogen (secondary N) is 2. The summed E-state index contributed by atoms with van der Waals surface area (Å²) in [6.45, 7) is 0. The Labute approximate surface area is 281 Å². The lowest BCUT2D eigenvalue weighted by molar-refractivity contribution is -0.384. The number of fused-ring (bicyclic) bond motifs is 2. The van der Waals surface area contributed by atoms with E-state index < -0.39 is 16.7 Å². The van der Waals surface area contributed by atoms with E-state index in [2.05, 4.69) is 22.8 Å². The van der Waals surface area contributed by atoms with E-state index in [9.17, 15) is 24.5 Å². The number of benzene rings is 5. The number of anilines is 3. The van der Waals surface area contributed by atoms with Crippen molar-refractivity contribution in [2.45, 2.75) is 17.7 Å². The maximum absolute atomic E-state index is 13.7. The number of carbonyl (C=O) groups is 3. The molecule has 0 spiro atoms. The van der Waals surface area contributed by atoms with Gasteiger partial charge < -0.3 is 10.6 Å². The van der Waals surface area contributed by atoms with Crippen LogP contribution in [0.3, 0.4) is 0 Å². The van der Waals surface area contributed by atoms with E-state index >= 15 is 0 Å². The molecule has 0 bridgehead atoms. The monoisotopic (exact) mass is 654 g/mol. The molecular formula is C38H30N4O5S. The molecule has 238 valence electrons. The molecule has 1 aliphatic rings. The van der Waals surface area contributed by atoms with Gasteiger partial charge in [0, 0.05) is 28.3 Å². The van der Waals surface area contributed by atoms with Gasteiger partial charge in [-0.1, -0.05) is 54.6 Å². The number of nitro benzene ring substituents is 1. The molecule has 3 amide bonds. The zero-order chi connectivity index (χ0) is 33.5. The summed E-state index contributed by atoms with van der Waals surface area (Å²) in [6.07, 6.45) is 3.17. The van der Waals surface area contributed by atoms with E-state index in [1.165, 1.54) is 42.1 Å². The Balaban J connectivity index is 1.15. The van der Waals surface area contributed by atoms with E-state index in [1.54, 1.807) is 42.5 Å². The van der Waals surface area contributed by atoms with Crippen LogP contribution >= 0.6 is 11.8 Å². The minimum atomic E-state index is -0.577. The van der Waals surface area contributed by atoms with Crippen molar-refractivity contribution in [3.63, 3.8) is 0 Å². The van der Waals surface area contributed by atoms with E-state index in [4.69, 9.17) is 0 Å². The highest BCUT2D eigenvalue weighted by molar-refractivity contribution is 8.00. The van der Waals surface area contributed by atoms with Crippen molar-refractivity contribution in [2.75, 3.05) is 16.0 Å². The predicted molar refractivity (Wildman–Crippen MR) is 188 cm³/mol. The molecular weight excluding hydrogens is 625 g/mol. The molecule has 9 nitrogen and oxygen atoms in total. The van der Waals surface area contributed by atoms with Crippen LogP contribution in [0.25, 0.3) is 6.08 Å². The second kappa shape index (κ2) is 14.6. The van der Waals surface area contributed by atoms with E-state index in [0.29, 0.717) is 16.8 Å². The van der Waals surface area contributed by atoms with Gasteiger partial charge in [0.1, 0.15) is 5.70 Å². The fourth-order valence-corrected chi connectivity index (χ4v) is 6.14. The minimum absolute atomic E-state index is 0.0330. The maximum Gasteiger partial charge on any atom is 0.272 e. The molecule has 0 radical (unpaired) electrons. The standard InChI is InChI=1S/C38H30N4O5S/c43-36(41-34-12-6-4-8-27(34)16-17-28-9-5-7-13-35(28)41)25-48-32-22-18-30(19-23-32)39-38(45)33(40-37(44)29-10-2-1-3-11-29)24-26-14-20-31(21-15-26)42(46)47/h1-15,18-24H,16-17,25H2,(H,39,45)(H,40,44)/b33-24-. The number of thioether (sulfide) groups is 1. The summed E-state index contributed by atoms with van der Waals surface area (Å²) in [5.41, 5.74) is 5.28. The highest BCUT2D eigenvalue weighted by atomic mass is 32.2. The van der Waals surface area contributed by atoms with Crippen molar-refractivity contribution >= 4 is 58.3 Å². The molecule has 1 heterocycles. The number of carbonyl (C=O) groups excluding carboxylic acids is 3. The van der Waals surface area contributed by atoms with Gasteiger partial charge in [0.2, 0.25) is 5.91 Å². The van der Waals surface area contributed by atoms with Crippen LogP contribution in [0.15, 0.2) is 138 Å². The summed E-state index contributed by atoms with van der Waals surface area (Å²) in [7, 11) is 0. The first-order valence-corrected chi connectivity index (χ1v) is 16.2. The van der Waals surface area contributed by atoms with Crippen LogP contribution < -0.4 is 15.5 Å². The third-order valence-corrected chi connectivity index (χ3v) is 8.79. The normalized spacial score (nSPS) is 12.2. The number of amides is 3. The lowest BCUT2D eigenvalue weighted by Crippen LogP contribution is -2.30. The summed E-state index contributed by atoms with van der Waals surface area (Å²) in [6, 6.07) is 37.2. The van der Waals surface area contributed by atoms with Crippen molar-refractivity contribution in [2.24, 2.45) is 0 Å². The fraction of sp³-hybridized carbons (Fsp3) is 0.0789. The second-order valence-corrected chi connectivity index (χ2v) is 12.0. The number of aryl methyl sites for hydroxylation is 2. The third-order valence-electron chi connectivity index (χ3n) is 7.80. The number of para-hydroxylation sites is 2. The Kier molecular flexibility index (Phi) is 9.73. The first kappa shape index (κ1) is 32.0. The number of non-ortho nitro benzene ring substituents is 1. The van der Waals surface area contributed by atoms with Gasteiger partial charge >= 0.3 is 0 Å². The quantitative estimate of drug-likeness (QED) is 0.0732. The molecule has 0 aliphatic carbocycles. The highest BCUT2D eigenvalue weighted by Crippen LogP contribution is 2.37. The largest absolute Gasteiger partial charge is 0.321 e. The zero-order valence-corrected chi connectivity index (χ0v) is 26.5. The van der Waals surface area contributed by atoms with Crippen molar-refractivity contribution in [3.8, 4) is 0 Å². The number of hydrogen-bond donors (Lipinski definition) is 2. The average Bonchev–Trinajstić information content (AvgIpc) is 3.28. The van der Waals surface area contributed by atoms with Crippen molar-refractivity contribution < 1.29 is 19.3 Å². The molecule has 6 rings (SSSR count). The minimum Gasteiger partial charge on any atom is -0.321 e. The number of rotatable bonds is 9. The lowest BCUT2D eigenvalue weighted by atomic mass is 10.0. The summed E-state index contributed by atoms with van der Waals surface area (Å²) in [5, 5.41) is 16.5. The first-order chi connectivity index (χ1) is 23.4. The predicted octanol–water partition coefficient (Wildman–Crippen LogP) is 7.56. The molecule has 0 atom stereocenters.